The maximum atomic E-state index is 5.68. The molecule has 5 heteroatoms. The number of ether oxygens (including phenoxy) is 1. The summed E-state index contributed by atoms with van der Waals surface area (Å²) in [5.41, 5.74) is 6.55. The lowest BCUT2D eigenvalue weighted by Crippen LogP contribution is -2.02. The average molecular weight is 261 g/mol. The predicted octanol–water partition coefficient (Wildman–Crippen LogP) is 1.89. The Hall–Kier alpha value is -1.88. The van der Waals surface area contributed by atoms with Crippen LogP contribution in [0.2, 0.25) is 0 Å². The van der Waals surface area contributed by atoms with Gasteiger partial charge in [0.05, 0.1) is 13.0 Å². The molecule has 1 aromatic heterocycles. The van der Waals surface area contributed by atoms with Gasteiger partial charge in [0.1, 0.15) is 5.75 Å². The van der Waals surface area contributed by atoms with E-state index in [1.807, 2.05) is 31.2 Å². The number of hydrogen-bond donors (Lipinski definition) is 1. The van der Waals surface area contributed by atoms with E-state index in [0.29, 0.717) is 31.4 Å². The molecule has 0 bridgehead atoms. The summed E-state index contributed by atoms with van der Waals surface area (Å²) in [7, 11) is 0. The van der Waals surface area contributed by atoms with Crippen LogP contribution in [0.25, 0.3) is 0 Å². The highest BCUT2D eigenvalue weighted by molar-refractivity contribution is 5.31. The molecule has 1 aromatic carbocycles. The van der Waals surface area contributed by atoms with Crippen molar-refractivity contribution in [3.8, 4) is 5.75 Å². The summed E-state index contributed by atoms with van der Waals surface area (Å²) in [6.45, 7) is 3.18. The van der Waals surface area contributed by atoms with Crippen molar-refractivity contribution >= 4 is 0 Å². The van der Waals surface area contributed by atoms with Crippen LogP contribution in [-0.4, -0.2) is 23.3 Å². The molecular formula is C14H19N3O2. The smallest absolute Gasteiger partial charge is 0.219 e. The average Bonchev–Trinajstić information content (AvgIpc) is 2.86. The van der Waals surface area contributed by atoms with Crippen molar-refractivity contribution in [2.24, 2.45) is 5.73 Å². The molecule has 0 saturated carbocycles. The molecule has 0 atom stereocenters. The summed E-state index contributed by atoms with van der Waals surface area (Å²) in [5.74, 6) is 2.15. The Morgan fingerprint density at radius 2 is 1.89 bits per heavy atom. The van der Waals surface area contributed by atoms with Crippen molar-refractivity contribution in [2.75, 3.05) is 13.2 Å². The fourth-order valence-electron chi connectivity index (χ4n) is 1.71. The first-order chi connectivity index (χ1) is 9.29. The second kappa shape index (κ2) is 6.89. The van der Waals surface area contributed by atoms with Crippen molar-refractivity contribution in [2.45, 2.75) is 26.2 Å². The zero-order valence-corrected chi connectivity index (χ0v) is 11.1. The van der Waals surface area contributed by atoms with Crippen molar-refractivity contribution in [1.82, 2.24) is 10.2 Å². The summed E-state index contributed by atoms with van der Waals surface area (Å²) in [4.78, 5) is 0. The summed E-state index contributed by atoms with van der Waals surface area (Å²) >= 11 is 0. The largest absolute Gasteiger partial charge is 0.493 e. The minimum absolute atomic E-state index is 0.531. The van der Waals surface area contributed by atoms with Crippen molar-refractivity contribution in [3.05, 3.63) is 41.6 Å². The molecule has 2 N–H and O–H groups in total. The molecule has 0 unspecified atom stereocenters. The van der Waals surface area contributed by atoms with Gasteiger partial charge in [-0.2, -0.15) is 0 Å². The molecule has 1 heterocycles. The maximum Gasteiger partial charge on any atom is 0.219 e. The third kappa shape index (κ3) is 4.06. The Labute approximate surface area is 112 Å². The van der Waals surface area contributed by atoms with Crippen molar-refractivity contribution in [3.63, 3.8) is 0 Å². The lowest BCUT2D eigenvalue weighted by molar-refractivity contribution is 0.302. The van der Waals surface area contributed by atoms with Gasteiger partial charge in [-0.3, -0.25) is 0 Å². The highest BCUT2D eigenvalue weighted by atomic mass is 16.5. The number of nitrogens with zero attached hydrogens (tertiary/aromatic N) is 2. The van der Waals surface area contributed by atoms with E-state index in [9.17, 15) is 0 Å². The Balaban J connectivity index is 1.79. The number of aromatic nitrogens is 2. The van der Waals surface area contributed by atoms with Gasteiger partial charge in [0.15, 0.2) is 0 Å². The molecule has 19 heavy (non-hydrogen) atoms. The predicted molar refractivity (Wildman–Crippen MR) is 72.1 cm³/mol. The molecule has 102 valence electrons. The number of rotatable bonds is 7. The monoisotopic (exact) mass is 261 g/mol. The first-order valence-electron chi connectivity index (χ1n) is 6.49. The third-order valence-electron chi connectivity index (χ3n) is 2.77. The molecule has 0 saturated heterocycles. The molecule has 0 aliphatic heterocycles. The number of hydrogen-bond acceptors (Lipinski definition) is 5. The number of benzene rings is 1. The van der Waals surface area contributed by atoms with Gasteiger partial charge in [0.2, 0.25) is 11.8 Å². The Kier molecular flexibility index (Phi) is 4.92. The Morgan fingerprint density at radius 1 is 1.16 bits per heavy atom. The lowest BCUT2D eigenvalue weighted by Gasteiger charge is -2.06. The van der Waals surface area contributed by atoms with Gasteiger partial charge < -0.3 is 14.9 Å². The molecule has 0 fully saturated rings. The van der Waals surface area contributed by atoms with Gasteiger partial charge in [-0.25, -0.2) is 0 Å². The fourth-order valence-corrected chi connectivity index (χ4v) is 1.71. The summed E-state index contributed by atoms with van der Waals surface area (Å²) in [6, 6.07) is 7.92. The van der Waals surface area contributed by atoms with E-state index in [4.69, 9.17) is 14.9 Å². The van der Waals surface area contributed by atoms with Crippen LogP contribution >= 0.6 is 0 Å². The second-order valence-electron chi connectivity index (χ2n) is 4.35. The first kappa shape index (κ1) is 13.5. The molecule has 0 amide bonds. The van der Waals surface area contributed by atoms with Gasteiger partial charge >= 0.3 is 0 Å². The summed E-state index contributed by atoms with van der Waals surface area (Å²) in [5, 5.41) is 7.95. The van der Waals surface area contributed by atoms with Crippen molar-refractivity contribution < 1.29 is 9.15 Å². The number of nitrogens with two attached hydrogens (primary N) is 1. The lowest BCUT2D eigenvalue weighted by atomic mass is 10.2. The summed E-state index contributed by atoms with van der Waals surface area (Å²) < 4.78 is 11.2. The third-order valence-corrected chi connectivity index (χ3v) is 2.77. The molecule has 0 spiro atoms. The number of para-hydroxylation sites is 1. The fraction of sp³-hybridized carbons (Fsp3) is 0.429. The highest BCUT2D eigenvalue weighted by Gasteiger charge is 2.06. The van der Waals surface area contributed by atoms with Gasteiger partial charge in [-0.05, 0) is 31.5 Å². The SMILES string of the molecule is Cc1ccccc1OCCc1nnc(CCCN)o1. The van der Waals surface area contributed by atoms with Crippen LogP contribution in [-0.2, 0) is 12.8 Å². The molecule has 2 aromatic rings. The van der Waals surface area contributed by atoms with Crippen LogP contribution in [0, 0.1) is 6.92 Å². The molecule has 0 radical (unpaired) electrons. The Morgan fingerprint density at radius 3 is 2.63 bits per heavy atom. The highest BCUT2D eigenvalue weighted by Crippen LogP contribution is 2.16. The van der Waals surface area contributed by atoms with Gasteiger partial charge in [0.25, 0.3) is 0 Å². The number of aryl methyl sites for hydroxylation is 2. The summed E-state index contributed by atoms with van der Waals surface area (Å²) in [6.07, 6.45) is 2.22. The normalized spacial score (nSPS) is 10.6. The molecule has 2 rings (SSSR count). The topological polar surface area (TPSA) is 74.2 Å². The van der Waals surface area contributed by atoms with Crippen LogP contribution in [0.5, 0.6) is 5.75 Å². The van der Waals surface area contributed by atoms with E-state index in [1.54, 1.807) is 0 Å². The van der Waals surface area contributed by atoms with E-state index < -0.39 is 0 Å². The zero-order chi connectivity index (χ0) is 13.5. The van der Waals surface area contributed by atoms with Crippen LogP contribution in [0.4, 0.5) is 0 Å². The van der Waals surface area contributed by atoms with Gasteiger partial charge in [0, 0.05) is 6.42 Å². The van der Waals surface area contributed by atoms with Crippen LogP contribution in [0.15, 0.2) is 28.7 Å². The minimum atomic E-state index is 0.531. The molecule has 5 nitrogen and oxygen atoms in total. The van der Waals surface area contributed by atoms with Gasteiger partial charge in [-0.15, -0.1) is 10.2 Å². The quantitative estimate of drug-likeness (QED) is 0.823. The maximum absolute atomic E-state index is 5.68. The van der Waals surface area contributed by atoms with Crippen LogP contribution in [0.1, 0.15) is 23.8 Å². The van der Waals surface area contributed by atoms with Crippen LogP contribution in [0.3, 0.4) is 0 Å². The standard InChI is InChI=1S/C14H19N3O2/c1-11-5-2-3-6-12(11)18-10-8-14-17-16-13(19-14)7-4-9-15/h2-3,5-6H,4,7-10,15H2,1H3. The second-order valence-corrected chi connectivity index (χ2v) is 4.35. The minimum Gasteiger partial charge on any atom is -0.493 e. The van der Waals surface area contributed by atoms with E-state index in [1.165, 1.54) is 0 Å². The van der Waals surface area contributed by atoms with Crippen molar-refractivity contribution in [1.29, 1.82) is 0 Å². The van der Waals surface area contributed by atoms with E-state index in [0.717, 1.165) is 24.2 Å². The molecule has 0 aliphatic carbocycles. The molecular weight excluding hydrogens is 242 g/mol. The van der Waals surface area contributed by atoms with Crippen LogP contribution < -0.4 is 10.5 Å². The first-order valence-corrected chi connectivity index (χ1v) is 6.49. The van der Waals surface area contributed by atoms with E-state index >= 15 is 0 Å². The van der Waals surface area contributed by atoms with E-state index in [2.05, 4.69) is 10.2 Å². The zero-order valence-electron chi connectivity index (χ0n) is 11.1. The van der Waals surface area contributed by atoms with E-state index in [-0.39, 0.29) is 0 Å². The Bertz CT molecular complexity index is 511. The molecule has 0 aliphatic rings. The van der Waals surface area contributed by atoms with Gasteiger partial charge in [-0.1, -0.05) is 18.2 Å².